The normalized spacial score (nSPS) is 11.8. The number of aryl methyl sites for hydroxylation is 1. The molecule has 0 spiro atoms. The number of halogens is 1. The number of aromatic nitrogens is 1. The second-order valence-electron chi connectivity index (χ2n) is 5.70. The van der Waals surface area contributed by atoms with E-state index in [0.717, 1.165) is 11.1 Å². The van der Waals surface area contributed by atoms with Gasteiger partial charge < -0.3 is 4.42 Å². The number of rotatable bonds is 5. The zero-order chi connectivity index (χ0) is 18.0. The quantitative estimate of drug-likeness (QED) is 0.671. The smallest absolute Gasteiger partial charge is 0.243 e. The summed E-state index contributed by atoms with van der Waals surface area (Å²) in [6, 6.07) is 13.9. The van der Waals surface area contributed by atoms with E-state index in [1.54, 1.807) is 42.6 Å². The van der Waals surface area contributed by atoms with Crippen LogP contribution in [0.3, 0.4) is 0 Å². The van der Waals surface area contributed by atoms with Crippen LogP contribution in [-0.4, -0.2) is 24.8 Å². The highest BCUT2D eigenvalue weighted by molar-refractivity contribution is 7.89. The minimum atomic E-state index is -3.60. The van der Waals surface area contributed by atoms with E-state index >= 15 is 0 Å². The average Bonchev–Trinajstić information content (AvgIpc) is 3.04. The maximum Gasteiger partial charge on any atom is 0.243 e. The Labute approximate surface area is 151 Å². The van der Waals surface area contributed by atoms with Crippen molar-refractivity contribution in [1.82, 2.24) is 9.29 Å². The summed E-state index contributed by atoms with van der Waals surface area (Å²) in [5.41, 5.74) is 1.83. The summed E-state index contributed by atoms with van der Waals surface area (Å²) in [5.74, 6) is 0.885. The summed E-state index contributed by atoms with van der Waals surface area (Å²) < 4.78 is 32.1. The maximum atomic E-state index is 12.6. The van der Waals surface area contributed by atoms with Gasteiger partial charge in [0.2, 0.25) is 15.9 Å². The molecule has 0 aliphatic rings. The van der Waals surface area contributed by atoms with Crippen LogP contribution in [0.4, 0.5) is 0 Å². The molecule has 0 unspecified atom stereocenters. The van der Waals surface area contributed by atoms with Gasteiger partial charge in [-0.05, 0) is 43.3 Å². The molecule has 1 aromatic heterocycles. The Kier molecular flexibility index (Phi) is 4.94. The summed E-state index contributed by atoms with van der Waals surface area (Å²) in [4.78, 5) is 4.41. The Bertz CT molecular complexity index is 964. The van der Waals surface area contributed by atoms with Gasteiger partial charge in [-0.2, -0.15) is 4.31 Å². The van der Waals surface area contributed by atoms with E-state index in [4.69, 9.17) is 16.0 Å². The Morgan fingerprint density at radius 2 is 1.72 bits per heavy atom. The van der Waals surface area contributed by atoms with Crippen LogP contribution in [0.5, 0.6) is 0 Å². The van der Waals surface area contributed by atoms with Gasteiger partial charge in [-0.1, -0.05) is 29.3 Å². The Hall–Kier alpha value is -2.15. The third kappa shape index (κ3) is 3.92. The summed E-state index contributed by atoms with van der Waals surface area (Å²) >= 11 is 5.87. The lowest BCUT2D eigenvalue weighted by atomic mass is 10.2. The molecule has 3 aromatic rings. The molecule has 2 aromatic carbocycles. The number of hydrogen-bond acceptors (Lipinski definition) is 4. The molecule has 25 heavy (non-hydrogen) atoms. The van der Waals surface area contributed by atoms with E-state index in [-0.39, 0.29) is 11.4 Å². The van der Waals surface area contributed by atoms with Crippen LogP contribution in [0.1, 0.15) is 11.5 Å². The minimum absolute atomic E-state index is 0.0454. The number of nitrogens with zero attached hydrogens (tertiary/aromatic N) is 2. The van der Waals surface area contributed by atoms with Crippen LogP contribution in [0.2, 0.25) is 5.02 Å². The van der Waals surface area contributed by atoms with Crippen molar-refractivity contribution in [2.45, 2.75) is 18.4 Å². The van der Waals surface area contributed by atoms with E-state index < -0.39 is 10.0 Å². The molecule has 1 heterocycles. The molecule has 130 valence electrons. The van der Waals surface area contributed by atoms with E-state index in [9.17, 15) is 8.42 Å². The van der Waals surface area contributed by atoms with Gasteiger partial charge in [-0.15, -0.1) is 0 Å². The fourth-order valence-corrected chi connectivity index (χ4v) is 3.54. The molecular formula is C18H17ClN2O3S. The summed E-state index contributed by atoms with van der Waals surface area (Å²) in [7, 11) is -2.10. The molecule has 0 radical (unpaired) electrons. The van der Waals surface area contributed by atoms with Crippen LogP contribution in [0, 0.1) is 6.92 Å². The zero-order valence-corrected chi connectivity index (χ0v) is 15.4. The molecule has 3 rings (SSSR count). The highest BCUT2D eigenvalue weighted by Crippen LogP contribution is 2.24. The van der Waals surface area contributed by atoms with Crippen LogP contribution in [0.15, 0.2) is 64.0 Å². The van der Waals surface area contributed by atoms with Gasteiger partial charge in [0.15, 0.2) is 5.76 Å². The van der Waals surface area contributed by atoms with Gasteiger partial charge in [0.05, 0.1) is 17.6 Å². The van der Waals surface area contributed by atoms with Crippen molar-refractivity contribution in [2.24, 2.45) is 0 Å². The van der Waals surface area contributed by atoms with Gasteiger partial charge in [0, 0.05) is 17.6 Å². The standard InChI is InChI=1S/C18H17ClN2O3S/c1-13-3-9-16(10-4-13)25(22,23)21(2)12-18-20-11-17(24-18)14-5-7-15(19)8-6-14/h3-11H,12H2,1-2H3. The SMILES string of the molecule is Cc1ccc(S(=O)(=O)N(C)Cc2ncc(-c3ccc(Cl)cc3)o2)cc1. The van der Waals surface area contributed by atoms with Crippen molar-refractivity contribution in [3.05, 3.63) is 71.2 Å². The van der Waals surface area contributed by atoms with E-state index in [2.05, 4.69) is 4.98 Å². The predicted molar refractivity (Wildman–Crippen MR) is 96.8 cm³/mol. The Morgan fingerprint density at radius 1 is 1.08 bits per heavy atom. The van der Waals surface area contributed by atoms with Gasteiger partial charge in [-0.3, -0.25) is 0 Å². The van der Waals surface area contributed by atoms with Crippen molar-refractivity contribution < 1.29 is 12.8 Å². The zero-order valence-electron chi connectivity index (χ0n) is 13.8. The lowest BCUT2D eigenvalue weighted by Gasteiger charge is -2.15. The van der Waals surface area contributed by atoms with Crippen molar-refractivity contribution in [3.63, 3.8) is 0 Å². The topological polar surface area (TPSA) is 63.4 Å². The lowest BCUT2D eigenvalue weighted by molar-refractivity contribution is 0.400. The molecule has 0 aliphatic carbocycles. The molecule has 0 N–H and O–H groups in total. The second kappa shape index (κ2) is 7.00. The van der Waals surface area contributed by atoms with Gasteiger partial charge in [-0.25, -0.2) is 13.4 Å². The first-order valence-electron chi connectivity index (χ1n) is 7.60. The molecule has 0 bridgehead atoms. The molecule has 0 fully saturated rings. The van der Waals surface area contributed by atoms with E-state index in [1.807, 2.05) is 19.1 Å². The molecule has 7 heteroatoms. The van der Waals surface area contributed by atoms with Crippen LogP contribution < -0.4 is 0 Å². The first kappa shape index (κ1) is 17.7. The first-order chi connectivity index (χ1) is 11.9. The molecule has 0 amide bonds. The minimum Gasteiger partial charge on any atom is -0.439 e. The highest BCUT2D eigenvalue weighted by atomic mass is 35.5. The number of benzene rings is 2. The summed E-state index contributed by atoms with van der Waals surface area (Å²) in [6.07, 6.45) is 1.57. The lowest BCUT2D eigenvalue weighted by Crippen LogP contribution is -2.26. The van der Waals surface area contributed by atoms with Crippen molar-refractivity contribution in [3.8, 4) is 11.3 Å². The first-order valence-corrected chi connectivity index (χ1v) is 9.42. The Balaban J connectivity index is 1.78. The largest absolute Gasteiger partial charge is 0.439 e. The van der Waals surface area contributed by atoms with E-state index in [0.29, 0.717) is 16.7 Å². The molecule has 0 aliphatic heterocycles. The number of hydrogen-bond donors (Lipinski definition) is 0. The number of sulfonamides is 1. The predicted octanol–water partition coefficient (Wildman–Crippen LogP) is 4.12. The third-order valence-corrected chi connectivity index (χ3v) is 5.84. The van der Waals surface area contributed by atoms with Gasteiger partial charge >= 0.3 is 0 Å². The fourth-order valence-electron chi connectivity index (χ4n) is 2.30. The maximum absolute atomic E-state index is 12.6. The summed E-state index contributed by atoms with van der Waals surface area (Å²) in [6.45, 7) is 1.95. The molecule has 0 atom stereocenters. The van der Waals surface area contributed by atoms with E-state index in [1.165, 1.54) is 11.4 Å². The second-order valence-corrected chi connectivity index (χ2v) is 8.18. The Morgan fingerprint density at radius 3 is 2.36 bits per heavy atom. The average molecular weight is 377 g/mol. The van der Waals surface area contributed by atoms with Crippen LogP contribution >= 0.6 is 11.6 Å². The molecule has 0 saturated carbocycles. The van der Waals surface area contributed by atoms with Gasteiger partial charge in [0.25, 0.3) is 0 Å². The van der Waals surface area contributed by atoms with Crippen molar-refractivity contribution >= 4 is 21.6 Å². The van der Waals surface area contributed by atoms with Gasteiger partial charge in [0.1, 0.15) is 0 Å². The monoisotopic (exact) mass is 376 g/mol. The van der Waals surface area contributed by atoms with Crippen LogP contribution in [0.25, 0.3) is 11.3 Å². The molecular weight excluding hydrogens is 360 g/mol. The molecule has 0 saturated heterocycles. The fraction of sp³-hybridized carbons (Fsp3) is 0.167. The third-order valence-electron chi connectivity index (χ3n) is 3.77. The van der Waals surface area contributed by atoms with Crippen LogP contribution in [-0.2, 0) is 16.6 Å². The summed E-state index contributed by atoms with van der Waals surface area (Å²) in [5, 5.41) is 0.632. The van der Waals surface area contributed by atoms with Crippen molar-refractivity contribution in [1.29, 1.82) is 0 Å². The van der Waals surface area contributed by atoms with Crippen molar-refractivity contribution in [2.75, 3.05) is 7.05 Å². The number of oxazole rings is 1. The highest BCUT2D eigenvalue weighted by Gasteiger charge is 2.22. The molecule has 5 nitrogen and oxygen atoms in total.